The fourth-order valence-electron chi connectivity index (χ4n) is 7.73. The predicted octanol–water partition coefficient (Wildman–Crippen LogP) is 1.38. The van der Waals surface area contributed by atoms with Gasteiger partial charge in [0.15, 0.2) is 11.2 Å². The Morgan fingerprint density at radius 1 is 0.774 bits per heavy atom. The van der Waals surface area contributed by atoms with E-state index in [4.69, 9.17) is 15.2 Å². The van der Waals surface area contributed by atoms with E-state index < -0.39 is 47.8 Å². The van der Waals surface area contributed by atoms with E-state index in [1.807, 2.05) is 0 Å². The minimum atomic E-state index is -1.44. The van der Waals surface area contributed by atoms with Crippen LogP contribution in [-0.4, -0.2) is 114 Å². The number of benzene rings is 1. The number of hydrogen-bond donors (Lipinski definition) is 8. The minimum Gasteiger partial charge on any atom is -0.393 e. The van der Waals surface area contributed by atoms with Gasteiger partial charge in [-0.2, -0.15) is 28.5 Å². The van der Waals surface area contributed by atoms with Crippen molar-refractivity contribution < 1.29 is 43.0 Å². The van der Waals surface area contributed by atoms with Gasteiger partial charge in [-0.1, -0.05) is 12.8 Å². The Balaban J connectivity index is 0.887. The number of fused-ring (bicyclic) bond motifs is 3. The molecule has 7 rings (SSSR count). The zero-order chi connectivity index (χ0) is 43.8. The second-order valence-electron chi connectivity index (χ2n) is 15.4. The van der Waals surface area contributed by atoms with Crippen molar-refractivity contribution in [2.24, 2.45) is 0 Å². The monoisotopic (exact) mass is 893 g/mol. The largest absolute Gasteiger partial charge is 0.393 e. The van der Waals surface area contributed by atoms with E-state index in [9.17, 15) is 38.4 Å². The van der Waals surface area contributed by atoms with Gasteiger partial charge >= 0.3 is 41.5 Å². The lowest BCUT2D eigenvalue weighted by Crippen LogP contribution is -2.43. The summed E-state index contributed by atoms with van der Waals surface area (Å²) < 4.78 is 10.1. The van der Waals surface area contributed by atoms with E-state index in [1.165, 1.54) is 18.3 Å². The number of nitrogen functional groups attached to an aromatic ring is 1. The number of unbranched alkanes of at least 4 members (excludes halogenated alkanes) is 2. The molecule has 4 saturated heterocycles. The van der Waals surface area contributed by atoms with Crippen LogP contribution in [0.25, 0.3) is 11.2 Å². The maximum Gasteiger partial charge on any atom is 0.336 e. The van der Waals surface area contributed by atoms with Gasteiger partial charge < -0.3 is 52.1 Å². The predicted molar refractivity (Wildman–Crippen MR) is 227 cm³/mol. The van der Waals surface area contributed by atoms with Crippen molar-refractivity contribution in [2.75, 3.05) is 22.6 Å². The highest BCUT2D eigenvalue weighted by molar-refractivity contribution is 8.00. The standard InChI is InChI=1S/C39H47N11O10S2/c40-37-49-33-32(35(55)50-37)43-21(16-42-33)15-41-20-11-9-19(10-12-20)34(54)44-22(36(56)60-28(52)8-4-2-6-26-31-24(18-62-26)46-39(58)48-31)13-14-29(53)59-27(51)7-3-1-5-25-30-23(17-61-25)45-38(57)47-30/h9-12,16,22-26,30-31,41H,1-8,13-15,17-18H2,(H,44,54)(H2,45,47,57)(H2,46,48,58)(H3,40,42,49,50,55)/t22-,23-,24-,25-,26-,30-,31-/m0/s1. The first kappa shape index (κ1) is 44.1. The van der Waals surface area contributed by atoms with Crippen molar-refractivity contribution in [1.82, 2.24) is 46.5 Å². The maximum absolute atomic E-state index is 13.4. The molecule has 9 N–H and O–H groups in total. The summed E-state index contributed by atoms with van der Waals surface area (Å²) in [4.78, 5) is 115. The lowest BCUT2D eigenvalue weighted by molar-refractivity contribution is -0.161. The Morgan fingerprint density at radius 2 is 1.37 bits per heavy atom. The molecule has 0 saturated carbocycles. The number of aromatic nitrogens is 4. The number of H-pyrrole nitrogens is 1. The van der Waals surface area contributed by atoms with Crippen LogP contribution in [0.3, 0.4) is 0 Å². The number of anilines is 2. The van der Waals surface area contributed by atoms with Crippen LogP contribution in [-0.2, 0) is 35.2 Å². The molecule has 21 nitrogen and oxygen atoms in total. The first-order valence-corrected chi connectivity index (χ1v) is 22.5. The Kier molecular flexibility index (Phi) is 14.4. The van der Waals surface area contributed by atoms with Crippen molar-refractivity contribution in [1.29, 1.82) is 0 Å². The number of nitrogens with one attached hydrogen (secondary N) is 7. The highest BCUT2D eigenvalue weighted by Crippen LogP contribution is 2.34. The molecule has 0 unspecified atom stereocenters. The summed E-state index contributed by atoms with van der Waals surface area (Å²) >= 11 is 3.52. The molecule has 4 aliphatic heterocycles. The molecule has 5 amide bonds. The van der Waals surface area contributed by atoms with Crippen LogP contribution >= 0.6 is 23.5 Å². The van der Waals surface area contributed by atoms with Crippen LogP contribution < -0.4 is 43.2 Å². The van der Waals surface area contributed by atoms with Gasteiger partial charge in [0.05, 0.1) is 42.6 Å². The van der Waals surface area contributed by atoms with Crippen LogP contribution in [0.15, 0.2) is 35.3 Å². The Morgan fingerprint density at radius 3 is 2.00 bits per heavy atom. The van der Waals surface area contributed by atoms with E-state index in [0.29, 0.717) is 37.1 Å². The maximum atomic E-state index is 13.4. The van der Waals surface area contributed by atoms with Gasteiger partial charge in [0.2, 0.25) is 5.95 Å². The normalized spacial score (nSPS) is 22.6. The summed E-state index contributed by atoms with van der Waals surface area (Å²) in [6.45, 7) is 0.175. The fraction of sp³-hybridized carbons (Fsp3) is 0.513. The summed E-state index contributed by atoms with van der Waals surface area (Å²) in [5, 5.41) is 17.8. The van der Waals surface area contributed by atoms with Crippen molar-refractivity contribution in [3.8, 4) is 0 Å². The zero-order valence-electron chi connectivity index (χ0n) is 33.4. The number of aromatic amines is 1. The lowest BCUT2D eigenvalue weighted by atomic mass is 10.0. The summed E-state index contributed by atoms with van der Waals surface area (Å²) in [7, 11) is 0. The SMILES string of the molecule is Nc1nc(=O)c2nc(CNc3ccc(C(=O)N[C@@H](CCC(=O)OC(=O)CCCC[C@@H]4SC[C@@H]5NC(=O)N[C@@H]54)C(=O)OC(=O)CCCC[C@@H]4SC[C@@H]5NC(=O)N[C@@H]54)cc3)cnc2[nH]1. The van der Waals surface area contributed by atoms with Gasteiger partial charge in [0.1, 0.15) is 6.04 Å². The molecular formula is C39H47N11O10S2. The average molecular weight is 894 g/mol. The van der Waals surface area contributed by atoms with E-state index in [-0.39, 0.29) is 95.2 Å². The molecule has 7 atom stereocenters. The minimum absolute atomic E-state index is 0.00189. The summed E-state index contributed by atoms with van der Waals surface area (Å²) in [5.41, 5.74) is 6.34. The summed E-state index contributed by atoms with van der Waals surface area (Å²) in [6, 6.07) is 4.67. The van der Waals surface area contributed by atoms with Crippen LogP contribution in [0.5, 0.6) is 0 Å². The quantitative estimate of drug-likeness (QED) is 0.0365. The first-order chi connectivity index (χ1) is 29.9. The molecule has 0 aliphatic carbocycles. The third-order valence-electron chi connectivity index (χ3n) is 10.9. The van der Waals surface area contributed by atoms with Gasteiger partial charge in [-0.15, -0.1) is 0 Å². The number of carbonyl (C=O) groups is 7. The van der Waals surface area contributed by atoms with Gasteiger partial charge in [-0.05, 0) is 56.4 Å². The van der Waals surface area contributed by atoms with Gasteiger partial charge in [0.25, 0.3) is 5.91 Å². The van der Waals surface area contributed by atoms with Crippen LogP contribution in [0.4, 0.5) is 21.2 Å². The number of nitrogens with two attached hydrogens (primary N) is 1. The average Bonchev–Trinajstić information content (AvgIpc) is 4.01. The summed E-state index contributed by atoms with van der Waals surface area (Å²) in [6.07, 6.45) is 4.44. The molecule has 62 heavy (non-hydrogen) atoms. The molecule has 0 radical (unpaired) electrons. The Hall–Kier alpha value is -5.97. The van der Waals surface area contributed by atoms with E-state index in [0.717, 1.165) is 24.3 Å². The number of urea groups is 2. The first-order valence-electron chi connectivity index (χ1n) is 20.4. The molecule has 0 spiro atoms. The van der Waals surface area contributed by atoms with Crippen LogP contribution in [0.1, 0.15) is 80.3 Å². The molecule has 330 valence electrons. The number of ether oxygens (including phenoxy) is 2. The number of hydrogen-bond acceptors (Lipinski definition) is 17. The Bertz CT molecular complexity index is 2260. The van der Waals surface area contributed by atoms with Crippen molar-refractivity contribution in [3.05, 3.63) is 52.1 Å². The molecule has 23 heteroatoms. The molecule has 0 bridgehead atoms. The summed E-state index contributed by atoms with van der Waals surface area (Å²) in [5.74, 6) is -2.63. The van der Waals surface area contributed by atoms with Crippen molar-refractivity contribution in [2.45, 2.75) is 111 Å². The molecule has 2 aromatic heterocycles. The topological polar surface area (TPSA) is 308 Å². The van der Waals surface area contributed by atoms with E-state index in [2.05, 4.69) is 51.8 Å². The number of carbonyl (C=O) groups excluding carboxylic acids is 7. The fourth-order valence-corrected chi connectivity index (χ4v) is 10.8. The van der Waals surface area contributed by atoms with Crippen molar-refractivity contribution >= 4 is 88.2 Å². The lowest BCUT2D eigenvalue weighted by Gasteiger charge is -2.18. The van der Waals surface area contributed by atoms with Gasteiger partial charge in [-0.25, -0.2) is 24.4 Å². The van der Waals surface area contributed by atoms with Crippen molar-refractivity contribution in [3.63, 3.8) is 0 Å². The number of rotatable bonds is 19. The second-order valence-corrected chi connectivity index (χ2v) is 17.9. The van der Waals surface area contributed by atoms with Crippen LogP contribution in [0, 0.1) is 0 Å². The number of thioether (sulfide) groups is 2. The highest BCUT2D eigenvalue weighted by atomic mass is 32.2. The van der Waals surface area contributed by atoms with Gasteiger partial charge in [-0.3, -0.25) is 24.0 Å². The molecule has 4 aliphatic rings. The molecule has 3 aromatic rings. The Labute approximate surface area is 362 Å². The van der Waals surface area contributed by atoms with Crippen LogP contribution in [0.2, 0.25) is 0 Å². The smallest absolute Gasteiger partial charge is 0.336 e. The highest BCUT2D eigenvalue weighted by Gasteiger charge is 2.43. The molecule has 4 fully saturated rings. The van der Waals surface area contributed by atoms with Gasteiger partial charge in [0, 0.05) is 52.5 Å². The molecule has 1 aromatic carbocycles. The number of nitrogens with zero attached hydrogens (tertiary/aromatic N) is 3. The molecule has 6 heterocycles. The van der Waals surface area contributed by atoms with E-state index >= 15 is 0 Å². The zero-order valence-corrected chi connectivity index (χ0v) is 35.1. The third kappa shape index (κ3) is 11.5. The third-order valence-corrected chi connectivity index (χ3v) is 13.9. The number of amides is 5. The second kappa shape index (κ2) is 20.3. The van der Waals surface area contributed by atoms with E-state index in [1.54, 1.807) is 35.7 Å². The molecular weight excluding hydrogens is 847 g/mol. The number of esters is 4.